The van der Waals surface area contributed by atoms with Crippen molar-refractivity contribution in [3.63, 3.8) is 0 Å². The Bertz CT molecular complexity index is 1060. The minimum atomic E-state index is -0.817. The van der Waals surface area contributed by atoms with E-state index in [0.717, 1.165) is 19.3 Å². The molecule has 0 heterocycles. The Labute approximate surface area is 288 Å². The summed E-state index contributed by atoms with van der Waals surface area (Å²) in [6.07, 6.45) is 5.37. The first-order valence-corrected chi connectivity index (χ1v) is 15.7. The number of phenolic OH excluding ortho intramolecular Hbond substituents is 1. The molecule has 2 aromatic carbocycles. The van der Waals surface area contributed by atoms with Crippen LogP contribution in [0.4, 0.5) is 9.59 Å². The van der Waals surface area contributed by atoms with Crippen molar-refractivity contribution < 1.29 is 48.0 Å². The third kappa shape index (κ3) is 29.3. The highest BCUT2D eigenvalue weighted by Gasteiger charge is 2.05. The van der Waals surface area contributed by atoms with Crippen molar-refractivity contribution in [2.45, 2.75) is 25.7 Å². The summed E-state index contributed by atoms with van der Waals surface area (Å²) >= 11 is 13.9. The Morgan fingerprint density at radius 3 is 1.44 bits per heavy atom. The van der Waals surface area contributed by atoms with Gasteiger partial charge in [-0.15, -0.1) is 11.6 Å². The van der Waals surface area contributed by atoms with Crippen molar-refractivity contribution in [2.24, 2.45) is 0 Å². The molecule has 0 amide bonds. The average Bonchev–Trinajstić information content (AvgIpc) is 3.00. The molecule has 0 radical (unpaired) electrons. The fourth-order valence-corrected chi connectivity index (χ4v) is 3.05. The van der Waals surface area contributed by atoms with Gasteiger partial charge in [-0.3, -0.25) is 0 Å². The third-order valence-corrected chi connectivity index (χ3v) is 5.72. The van der Waals surface area contributed by atoms with E-state index in [1.165, 1.54) is 6.38 Å². The topological polar surface area (TPSA) is 135 Å². The number of hydrogen-bond donors (Lipinski definition) is 1. The Hall–Kier alpha value is -2.56. The zero-order valence-corrected chi connectivity index (χ0v) is 29.3. The molecule has 1 N–H and O–H groups in total. The number of phenols is 1. The first-order chi connectivity index (χ1) is 20.6. The lowest BCUT2D eigenvalue weighted by molar-refractivity contribution is -0.138. The summed E-state index contributed by atoms with van der Waals surface area (Å²) < 4.78 is 25.9. The molecule has 0 aliphatic rings. The van der Waals surface area contributed by atoms with Crippen LogP contribution in [0.15, 0.2) is 73.8 Å². The minimum Gasteiger partial charge on any atom is -0.508 e. The van der Waals surface area contributed by atoms with Crippen LogP contribution in [-0.4, -0.2) is 61.4 Å². The SMILES string of the molecule is C=CC(=O)OCCCCOC(=O)Cl.C=CC(=O)OCCCCOC(=O)Oc1ccc(I)cc1.CCl.Oc1ccc(I)cc1. The molecule has 0 saturated carbocycles. The fourth-order valence-electron chi connectivity index (χ4n) is 2.25. The van der Waals surface area contributed by atoms with Crippen molar-refractivity contribution in [1.82, 2.24) is 0 Å². The van der Waals surface area contributed by atoms with Gasteiger partial charge in [-0.2, -0.15) is 0 Å². The minimum absolute atomic E-state index is 0.217. The summed E-state index contributed by atoms with van der Waals surface area (Å²) in [6, 6.07) is 14.1. The second-order valence-electron chi connectivity index (χ2n) is 7.37. The lowest BCUT2D eigenvalue weighted by Gasteiger charge is -2.06. The van der Waals surface area contributed by atoms with Crippen LogP contribution >= 0.6 is 68.4 Å². The monoisotopic (exact) mass is 866 g/mol. The van der Waals surface area contributed by atoms with Crippen molar-refractivity contribution in [3.05, 3.63) is 81.0 Å². The molecule has 14 heteroatoms. The first-order valence-electron chi connectivity index (χ1n) is 12.4. The predicted molar refractivity (Wildman–Crippen MR) is 182 cm³/mol. The van der Waals surface area contributed by atoms with Gasteiger partial charge in [-0.25, -0.2) is 19.2 Å². The smallest absolute Gasteiger partial charge is 0.508 e. The lowest BCUT2D eigenvalue weighted by atomic mass is 10.3. The summed E-state index contributed by atoms with van der Waals surface area (Å²) in [5, 5.41) is 8.75. The Morgan fingerprint density at radius 1 is 0.698 bits per heavy atom. The highest BCUT2D eigenvalue weighted by molar-refractivity contribution is 14.1. The molecule has 2 aromatic rings. The zero-order valence-electron chi connectivity index (χ0n) is 23.5. The molecule has 0 aromatic heterocycles. The van der Waals surface area contributed by atoms with E-state index >= 15 is 0 Å². The van der Waals surface area contributed by atoms with Crippen LogP contribution in [0, 0.1) is 7.14 Å². The molecule has 0 saturated heterocycles. The quantitative estimate of drug-likeness (QED) is 0.0308. The molecule has 0 atom stereocenters. The number of aromatic hydroxyl groups is 1. The molecule has 0 fully saturated rings. The number of alkyl halides is 1. The van der Waals surface area contributed by atoms with Gasteiger partial charge in [0.05, 0.1) is 26.4 Å². The first kappa shape index (κ1) is 42.6. The normalized spacial score (nSPS) is 9.05. The molecule has 238 valence electrons. The van der Waals surface area contributed by atoms with Gasteiger partial charge >= 0.3 is 23.5 Å². The maximum Gasteiger partial charge on any atom is 0.513 e. The molecule has 0 bridgehead atoms. The molecule has 2 rings (SSSR count). The molecule has 0 spiro atoms. The van der Waals surface area contributed by atoms with Crippen molar-refractivity contribution in [2.75, 3.05) is 32.8 Å². The maximum atomic E-state index is 11.3. The number of esters is 2. The van der Waals surface area contributed by atoms with Gasteiger partial charge in [0.15, 0.2) is 0 Å². The fraction of sp³-hybridized carbons (Fsp3) is 0.310. The van der Waals surface area contributed by atoms with Crippen molar-refractivity contribution in [1.29, 1.82) is 0 Å². The maximum absolute atomic E-state index is 11.3. The Morgan fingerprint density at radius 2 is 1.07 bits per heavy atom. The van der Waals surface area contributed by atoms with E-state index < -0.39 is 23.5 Å². The van der Waals surface area contributed by atoms with Crippen LogP contribution in [0.3, 0.4) is 0 Å². The molecule has 0 unspecified atom stereocenters. The van der Waals surface area contributed by atoms with Gasteiger partial charge in [0, 0.05) is 37.3 Å². The van der Waals surface area contributed by atoms with E-state index in [9.17, 15) is 19.2 Å². The third-order valence-electron chi connectivity index (χ3n) is 4.18. The number of hydrogen-bond acceptors (Lipinski definition) is 10. The zero-order chi connectivity index (χ0) is 32.9. The Kier molecular flexibility index (Phi) is 29.2. The second-order valence-corrected chi connectivity index (χ2v) is 10.2. The highest BCUT2D eigenvalue weighted by Crippen LogP contribution is 2.14. The molecule has 43 heavy (non-hydrogen) atoms. The number of benzene rings is 2. The predicted octanol–water partition coefficient (Wildman–Crippen LogP) is 8.04. The van der Waals surface area contributed by atoms with Crippen LogP contribution in [0.1, 0.15) is 25.7 Å². The molecule has 0 aliphatic carbocycles. The van der Waals surface area contributed by atoms with Crippen LogP contribution in [0.25, 0.3) is 0 Å². The van der Waals surface area contributed by atoms with Crippen LogP contribution in [0.2, 0.25) is 0 Å². The summed E-state index contributed by atoms with van der Waals surface area (Å²) in [6.45, 7) is 7.56. The van der Waals surface area contributed by atoms with Gasteiger partial charge in [-0.05, 0) is 119 Å². The van der Waals surface area contributed by atoms with E-state index in [-0.39, 0.29) is 19.8 Å². The standard InChI is InChI=1S/C14H15IO5.C8H11ClO4.C6H5IO.CH3Cl/c1-2-13(16)18-9-3-4-10-19-14(17)20-12-7-5-11(15)6-8-12;1-2-7(10)12-5-3-4-6-13-8(9)11;7-5-1-3-6(8)4-2-5;1-2/h2,5-8H,1,3-4,9-10H2;2H,1,3-6H2;1-4,8H;1H3. The molecule has 10 nitrogen and oxygen atoms in total. The Balaban J connectivity index is 0. The van der Waals surface area contributed by atoms with E-state index in [1.807, 2.05) is 24.3 Å². The molecule has 0 aliphatic heterocycles. The second kappa shape index (κ2) is 29.5. The summed E-state index contributed by atoms with van der Waals surface area (Å²) in [5.74, 6) is -0.140. The van der Waals surface area contributed by atoms with Crippen LogP contribution in [0.5, 0.6) is 11.5 Å². The number of ether oxygens (including phenoxy) is 5. The lowest BCUT2D eigenvalue weighted by Crippen LogP contribution is -2.12. The largest absolute Gasteiger partial charge is 0.513 e. The molecular formula is C29H34Cl2I2O10. The van der Waals surface area contributed by atoms with Crippen molar-refractivity contribution >= 4 is 91.9 Å². The number of halogens is 4. The summed E-state index contributed by atoms with van der Waals surface area (Å²) in [7, 11) is 0. The number of rotatable bonds is 13. The number of unbranched alkanes of at least 4 members (excludes halogenated alkanes) is 2. The van der Waals surface area contributed by atoms with E-state index in [1.54, 1.807) is 24.3 Å². The van der Waals surface area contributed by atoms with Gasteiger partial charge in [0.1, 0.15) is 11.5 Å². The van der Waals surface area contributed by atoms with Gasteiger partial charge in [0.25, 0.3) is 0 Å². The van der Waals surface area contributed by atoms with E-state index in [2.05, 4.69) is 79.4 Å². The highest BCUT2D eigenvalue weighted by atomic mass is 127. The number of carbonyl (C=O) groups excluding carboxylic acids is 4. The van der Waals surface area contributed by atoms with Gasteiger partial charge in [0.2, 0.25) is 0 Å². The average molecular weight is 867 g/mol. The van der Waals surface area contributed by atoms with Crippen LogP contribution in [-0.2, 0) is 28.5 Å². The van der Waals surface area contributed by atoms with Gasteiger partial charge < -0.3 is 28.8 Å². The van der Waals surface area contributed by atoms with E-state index in [0.29, 0.717) is 43.8 Å². The van der Waals surface area contributed by atoms with E-state index in [4.69, 9.17) is 30.9 Å². The molecular weight excluding hydrogens is 833 g/mol. The summed E-state index contributed by atoms with van der Waals surface area (Å²) in [4.78, 5) is 42.7. The number of carbonyl (C=O) groups is 4. The van der Waals surface area contributed by atoms with Gasteiger partial charge in [-0.1, -0.05) is 13.2 Å². The summed E-state index contributed by atoms with van der Waals surface area (Å²) in [5.41, 5.74) is -0.817. The van der Waals surface area contributed by atoms with Crippen molar-refractivity contribution in [3.8, 4) is 11.5 Å². The van der Waals surface area contributed by atoms with Crippen LogP contribution < -0.4 is 4.74 Å².